The topological polar surface area (TPSA) is 26.7 Å². The van der Waals surface area contributed by atoms with Gasteiger partial charge >= 0.3 is 0 Å². The standard InChI is InChI=1S/C19H22N2O.2BrH/c1-20-9-10-21-18(14-5-3-2-4-6-14)12-15-11-16(22)7-8-17(15)19(21)13-20;;/h2-8,11,18-19,22H,9-10,12-13H2,1H3;2*1H/t18-,19-;;/m1../s1. The minimum atomic E-state index is 0. The summed E-state index contributed by atoms with van der Waals surface area (Å²) in [5.74, 6) is 0.378. The van der Waals surface area contributed by atoms with Crippen molar-refractivity contribution in [2.45, 2.75) is 18.5 Å². The lowest BCUT2D eigenvalue weighted by atomic mass is 9.84. The maximum Gasteiger partial charge on any atom is 0.115 e. The normalized spacial score (nSPS) is 23.4. The van der Waals surface area contributed by atoms with E-state index in [2.05, 4.69) is 53.2 Å². The van der Waals surface area contributed by atoms with E-state index in [1.54, 1.807) is 0 Å². The predicted octanol–water partition coefficient (Wildman–Crippen LogP) is 4.13. The van der Waals surface area contributed by atoms with Gasteiger partial charge in [0, 0.05) is 31.7 Å². The molecule has 2 aliphatic rings. The van der Waals surface area contributed by atoms with Crippen molar-refractivity contribution in [3.8, 4) is 5.75 Å². The summed E-state index contributed by atoms with van der Waals surface area (Å²) >= 11 is 0. The molecule has 2 aromatic rings. The first-order chi connectivity index (χ1) is 10.7. The minimum Gasteiger partial charge on any atom is -0.508 e. The molecule has 0 spiro atoms. The number of piperazine rings is 1. The molecule has 5 heteroatoms. The van der Waals surface area contributed by atoms with Crippen LogP contribution in [-0.2, 0) is 6.42 Å². The Morgan fingerprint density at radius 3 is 2.46 bits per heavy atom. The third kappa shape index (κ3) is 3.54. The molecular formula is C19H24Br2N2O. The van der Waals surface area contributed by atoms with Gasteiger partial charge in [-0.15, -0.1) is 34.0 Å². The number of benzene rings is 2. The molecule has 0 saturated carbocycles. The highest BCUT2D eigenvalue weighted by Gasteiger charge is 2.37. The van der Waals surface area contributed by atoms with Gasteiger partial charge in [0.05, 0.1) is 0 Å². The van der Waals surface area contributed by atoms with Crippen molar-refractivity contribution in [3.63, 3.8) is 0 Å². The smallest absolute Gasteiger partial charge is 0.115 e. The first-order valence-electron chi connectivity index (χ1n) is 8.03. The molecule has 130 valence electrons. The average Bonchev–Trinajstić information content (AvgIpc) is 2.54. The molecule has 0 aliphatic carbocycles. The minimum absolute atomic E-state index is 0. The molecule has 2 aliphatic heterocycles. The van der Waals surface area contributed by atoms with Crippen LogP contribution in [0.4, 0.5) is 0 Å². The van der Waals surface area contributed by atoms with Gasteiger partial charge in [-0.25, -0.2) is 0 Å². The second-order valence-electron chi connectivity index (χ2n) is 6.53. The lowest BCUT2D eigenvalue weighted by Gasteiger charge is -2.48. The van der Waals surface area contributed by atoms with Gasteiger partial charge in [0.2, 0.25) is 0 Å². The Morgan fingerprint density at radius 2 is 1.71 bits per heavy atom. The number of likely N-dealkylation sites (N-methyl/N-ethyl adjacent to an activating group) is 1. The van der Waals surface area contributed by atoms with Crippen molar-refractivity contribution >= 4 is 34.0 Å². The van der Waals surface area contributed by atoms with Gasteiger partial charge < -0.3 is 10.0 Å². The molecule has 1 saturated heterocycles. The Kier molecular flexibility index (Phi) is 6.48. The molecule has 0 amide bonds. The van der Waals surface area contributed by atoms with Gasteiger partial charge in [0.15, 0.2) is 0 Å². The van der Waals surface area contributed by atoms with E-state index in [1.807, 2.05) is 12.1 Å². The fourth-order valence-electron chi connectivity index (χ4n) is 3.99. The first-order valence-corrected chi connectivity index (χ1v) is 8.03. The fourth-order valence-corrected chi connectivity index (χ4v) is 3.99. The lowest BCUT2D eigenvalue weighted by Crippen LogP contribution is -2.50. The van der Waals surface area contributed by atoms with E-state index in [4.69, 9.17) is 0 Å². The number of hydrogen-bond donors (Lipinski definition) is 1. The summed E-state index contributed by atoms with van der Waals surface area (Å²) in [5, 5.41) is 9.87. The molecule has 0 aromatic heterocycles. The summed E-state index contributed by atoms with van der Waals surface area (Å²) in [6.07, 6.45) is 0.980. The highest BCUT2D eigenvalue weighted by atomic mass is 79.9. The monoisotopic (exact) mass is 454 g/mol. The number of rotatable bonds is 1. The second-order valence-corrected chi connectivity index (χ2v) is 6.53. The van der Waals surface area contributed by atoms with Crippen molar-refractivity contribution in [2.75, 3.05) is 26.7 Å². The van der Waals surface area contributed by atoms with Crippen LogP contribution in [0.3, 0.4) is 0 Å². The van der Waals surface area contributed by atoms with E-state index in [9.17, 15) is 5.11 Å². The second kappa shape index (κ2) is 8.00. The maximum atomic E-state index is 9.87. The molecule has 2 atom stereocenters. The van der Waals surface area contributed by atoms with Crippen molar-refractivity contribution in [3.05, 3.63) is 65.2 Å². The summed E-state index contributed by atoms with van der Waals surface area (Å²) in [4.78, 5) is 5.06. The molecule has 0 unspecified atom stereocenters. The van der Waals surface area contributed by atoms with Gasteiger partial charge in [0.25, 0.3) is 0 Å². The van der Waals surface area contributed by atoms with Crippen LogP contribution in [0.15, 0.2) is 48.5 Å². The number of fused-ring (bicyclic) bond motifs is 3. The molecule has 1 fully saturated rings. The summed E-state index contributed by atoms with van der Waals surface area (Å²) in [7, 11) is 2.20. The van der Waals surface area contributed by atoms with Crippen LogP contribution in [-0.4, -0.2) is 41.6 Å². The van der Waals surface area contributed by atoms with Gasteiger partial charge in [-0.3, -0.25) is 4.90 Å². The molecule has 2 heterocycles. The van der Waals surface area contributed by atoms with Crippen LogP contribution >= 0.6 is 34.0 Å². The lowest BCUT2D eigenvalue weighted by molar-refractivity contribution is 0.0403. The molecule has 0 radical (unpaired) electrons. The number of hydrogen-bond acceptors (Lipinski definition) is 3. The number of phenols is 1. The fraction of sp³-hybridized carbons (Fsp3) is 0.368. The van der Waals surface area contributed by atoms with E-state index >= 15 is 0 Å². The Hall–Kier alpha value is -0.880. The number of phenolic OH excluding ortho intramolecular Hbond substituents is 1. The Balaban J connectivity index is 0.00000104. The summed E-state index contributed by atoms with van der Waals surface area (Å²) in [6.45, 7) is 3.27. The van der Waals surface area contributed by atoms with Crippen LogP contribution in [0.5, 0.6) is 5.75 Å². The van der Waals surface area contributed by atoms with E-state index in [0.717, 1.165) is 26.1 Å². The largest absolute Gasteiger partial charge is 0.508 e. The third-order valence-electron chi connectivity index (χ3n) is 5.11. The molecule has 24 heavy (non-hydrogen) atoms. The predicted molar refractivity (Wildman–Crippen MR) is 109 cm³/mol. The van der Waals surface area contributed by atoms with Crippen molar-refractivity contribution < 1.29 is 5.11 Å². The highest BCUT2D eigenvalue weighted by Crippen LogP contribution is 2.42. The Labute approximate surface area is 164 Å². The summed E-state index contributed by atoms with van der Waals surface area (Å²) in [5.41, 5.74) is 4.06. The maximum absolute atomic E-state index is 9.87. The number of aromatic hydroxyl groups is 1. The molecular weight excluding hydrogens is 432 g/mol. The summed E-state index contributed by atoms with van der Waals surface area (Å²) < 4.78 is 0. The Morgan fingerprint density at radius 1 is 0.958 bits per heavy atom. The van der Waals surface area contributed by atoms with Gasteiger partial charge in [0.1, 0.15) is 5.75 Å². The molecule has 2 aromatic carbocycles. The van der Waals surface area contributed by atoms with Crippen molar-refractivity contribution in [2.24, 2.45) is 0 Å². The van der Waals surface area contributed by atoms with Gasteiger partial charge in [-0.1, -0.05) is 36.4 Å². The first kappa shape index (κ1) is 19.4. The van der Waals surface area contributed by atoms with Crippen LogP contribution in [0, 0.1) is 0 Å². The molecule has 0 bridgehead atoms. The zero-order valence-corrected chi connectivity index (χ0v) is 17.2. The van der Waals surface area contributed by atoms with Crippen LogP contribution < -0.4 is 0 Å². The summed E-state index contributed by atoms with van der Waals surface area (Å²) in [6, 6.07) is 17.5. The molecule has 4 rings (SSSR count). The quantitative estimate of drug-likeness (QED) is 0.700. The van der Waals surface area contributed by atoms with Crippen molar-refractivity contribution in [1.29, 1.82) is 0 Å². The third-order valence-corrected chi connectivity index (χ3v) is 5.11. The van der Waals surface area contributed by atoms with Crippen LogP contribution in [0.1, 0.15) is 28.8 Å². The SMILES string of the molecule is Br.Br.CN1CCN2[C@@H](c3ccccc3)Cc3cc(O)ccc3[C@H]2C1. The van der Waals surface area contributed by atoms with Crippen LogP contribution in [0.2, 0.25) is 0 Å². The van der Waals surface area contributed by atoms with Gasteiger partial charge in [-0.05, 0) is 42.3 Å². The zero-order chi connectivity index (χ0) is 15.1. The van der Waals surface area contributed by atoms with Crippen LogP contribution in [0.25, 0.3) is 0 Å². The highest BCUT2D eigenvalue weighted by molar-refractivity contribution is 8.93. The Bertz CT molecular complexity index is 680. The average molecular weight is 456 g/mol. The van der Waals surface area contributed by atoms with E-state index in [-0.39, 0.29) is 34.0 Å². The molecule has 1 N–H and O–H groups in total. The van der Waals surface area contributed by atoms with Gasteiger partial charge in [-0.2, -0.15) is 0 Å². The number of halogens is 2. The van der Waals surface area contributed by atoms with Crippen molar-refractivity contribution in [1.82, 2.24) is 9.80 Å². The van der Waals surface area contributed by atoms with E-state index in [1.165, 1.54) is 16.7 Å². The van der Waals surface area contributed by atoms with E-state index < -0.39 is 0 Å². The molecule has 3 nitrogen and oxygen atoms in total. The number of nitrogens with zero attached hydrogens (tertiary/aromatic N) is 2. The zero-order valence-electron chi connectivity index (χ0n) is 13.8. The van der Waals surface area contributed by atoms with E-state index in [0.29, 0.717) is 17.8 Å².